The lowest BCUT2D eigenvalue weighted by molar-refractivity contribution is -0.126. The Bertz CT molecular complexity index is 618. The van der Waals surface area contributed by atoms with Gasteiger partial charge in [0.05, 0.1) is 18.3 Å². The minimum Gasteiger partial charge on any atom is -0.494 e. The Balaban J connectivity index is 2.34. The molecule has 6 heteroatoms. The molecule has 0 unspecified atom stereocenters. The average Bonchev–Trinajstić information content (AvgIpc) is 3.01. The van der Waals surface area contributed by atoms with E-state index in [1.165, 1.54) is 0 Å². The largest absolute Gasteiger partial charge is 0.494 e. The smallest absolute Gasteiger partial charge is 0.244 e. The number of nitrogens with one attached hydrogen (secondary N) is 1. The van der Waals surface area contributed by atoms with Gasteiger partial charge in [-0.3, -0.25) is 14.5 Å². The van der Waals surface area contributed by atoms with Gasteiger partial charge in [-0.2, -0.15) is 0 Å². The summed E-state index contributed by atoms with van der Waals surface area (Å²) in [7, 11) is 0. The minimum absolute atomic E-state index is 0.135. The highest BCUT2D eigenvalue weighted by atomic mass is 16.5. The summed E-state index contributed by atoms with van der Waals surface area (Å²) in [6.45, 7) is 7.00. The first-order valence-electron chi connectivity index (χ1n) is 9.16. The van der Waals surface area contributed by atoms with E-state index >= 15 is 0 Å². The molecule has 1 aliphatic rings. The van der Waals surface area contributed by atoms with Crippen LogP contribution in [-0.4, -0.2) is 37.0 Å². The number of nitrogens with zero attached hydrogens (tertiary/aromatic N) is 1. The number of hydrogen-bond acceptors (Lipinski definition) is 4. The Labute approximate surface area is 149 Å². The molecule has 2 amide bonds. The monoisotopic (exact) mass is 347 g/mol. The molecule has 0 aliphatic carbocycles. The fourth-order valence-corrected chi connectivity index (χ4v) is 3.07. The molecule has 1 aromatic rings. The van der Waals surface area contributed by atoms with E-state index in [0.29, 0.717) is 26.0 Å². The molecule has 1 aliphatic heterocycles. The number of ether oxygens (including phenoxy) is 1. The molecule has 138 valence electrons. The summed E-state index contributed by atoms with van der Waals surface area (Å²) in [6.07, 6.45) is 2.90. The molecule has 0 spiro atoms. The van der Waals surface area contributed by atoms with Crippen molar-refractivity contribution in [3.8, 4) is 5.75 Å². The second kappa shape index (κ2) is 8.85. The molecule has 1 heterocycles. The molecule has 0 saturated heterocycles. The van der Waals surface area contributed by atoms with Crippen molar-refractivity contribution in [2.24, 2.45) is 5.73 Å². The molecule has 0 bridgehead atoms. The van der Waals surface area contributed by atoms with Gasteiger partial charge in [-0.1, -0.05) is 26.3 Å². The summed E-state index contributed by atoms with van der Waals surface area (Å²) >= 11 is 0. The molecule has 2 atom stereocenters. The maximum absolute atomic E-state index is 12.8. The fraction of sp³-hybridized carbons (Fsp3) is 0.579. The zero-order valence-corrected chi connectivity index (χ0v) is 15.4. The molecule has 0 radical (unpaired) electrons. The topological polar surface area (TPSA) is 84.7 Å². The normalized spacial score (nSPS) is 17.1. The van der Waals surface area contributed by atoms with E-state index in [9.17, 15) is 9.59 Å². The van der Waals surface area contributed by atoms with Crippen molar-refractivity contribution in [1.29, 1.82) is 0 Å². The van der Waals surface area contributed by atoms with E-state index < -0.39 is 12.1 Å². The van der Waals surface area contributed by atoms with Crippen LogP contribution in [0.2, 0.25) is 0 Å². The standard InChI is InChI=1S/C19H29N3O3/c1-4-7-11-21-18(23)16-12-13-15(9-8-10-17(13)25-6-3)22(16)19(24)14(20)5-2/h8-10,14,16H,4-7,11-12,20H2,1-3H3,(H,21,23)/t14-,16-/m0/s1. The van der Waals surface area contributed by atoms with Crippen molar-refractivity contribution in [3.05, 3.63) is 23.8 Å². The predicted octanol–water partition coefficient (Wildman–Crippen LogP) is 2.00. The summed E-state index contributed by atoms with van der Waals surface area (Å²) < 4.78 is 5.69. The third-order valence-electron chi connectivity index (χ3n) is 4.50. The molecular weight excluding hydrogens is 318 g/mol. The van der Waals surface area contributed by atoms with Gasteiger partial charge in [0.25, 0.3) is 0 Å². The van der Waals surface area contributed by atoms with Crippen LogP contribution < -0.4 is 20.7 Å². The molecule has 2 rings (SSSR count). The van der Waals surface area contributed by atoms with Gasteiger partial charge in [0.15, 0.2) is 0 Å². The van der Waals surface area contributed by atoms with E-state index in [-0.39, 0.29) is 11.8 Å². The summed E-state index contributed by atoms with van der Waals surface area (Å²) in [6, 6.07) is 4.39. The third kappa shape index (κ3) is 4.12. The first-order valence-corrected chi connectivity index (χ1v) is 9.16. The minimum atomic E-state index is -0.618. The van der Waals surface area contributed by atoms with Crippen LogP contribution in [0, 0.1) is 0 Å². The second-order valence-corrected chi connectivity index (χ2v) is 6.27. The average molecular weight is 347 g/mol. The molecule has 0 aromatic heterocycles. The van der Waals surface area contributed by atoms with Crippen LogP contribution in [0.3, 0.4) is 0 Å². The number of hydrogen-bond donors (Lipinski definition) is 2. The van der Waals surface area contributed by atoms with Crippen LogP contribution in [0.1, 0.15) is 45.6 Å². The lowest BCUT2D eigenvalue weighted by Gasteiger charge is -2.27. The van der Waals surface area contributed by atoms with Crippen LogP contribution >= 0.6 is 0 Å². The lowest BCUT2D eigenvalue weighted by atomic mass is 10.1. The van der Waals surface area contributed by atoms with Crippen molar-refractivity contribution in [2.45, 2.75) is 58.5 Å². The van der Waals surface area contributed by atoms with Crippen LogP contribution in [0.25, 0.3) is 0 Å². The van der Waals surface area contributed by atoms with E-state index in [1.54, 1.807) is 4.90 Å². The lowest BCUT2D eigenvalue weighted by Crippen LogP contribution is -2.53. The number of fused-ring (bicyclic) bond motifs is 1. The third-order valence-corrected chi connectivity index (χ3v) is 4.50. The van der Waals surface area contributed by atoms with Gasteiger partial charge in [-0.25, -0.2) is 0 Å². The van der Waals surface area contributed by atoms with Crippen molar-refractivity contribution >= 4 is 17.5 Å². The van der Waals surface area contributed by atoms with Crippen molar-refractivity contribution in [1.82, 2.24) is 5.32 Å². The Morgan fingerprint density at radius 1 is 1.36 bits per heavy atom. The summed E-state index contributed by atoms with van der Waals surface area (Å²) in [4.78, 5) is 27.1. The highest BCUT2D eigenvalue weighted by Crippen LogP contribution is 2.38. The number of rotatable bonds is 8. The maximum Gasteiger partial charge on any atom is 0.244 e. The van der Waals surface area contributed by atoms with Crippen LogP contribution in [-0.2, 0) is 16.0 Å². The van der Waals surface area contributed by atoms with E-state index in [1.807, 2.05) is 32.0 Å². The van der Waals surface area contributed by atoms with Crippen molar-refractivity contribution in [2.75, 3.05) is 18.1 Å². The zero-order valence-electron chi connectivity index (χ0n) is 15.4. The first-order chi connectivity index (χ1) is 12.0. The van der Waals surface area contributed by atoms with E-state index in [2.05, 4.69) is 12.2 Å². The van der Waals surface area contributed by atoms with Gasteiger partial charge in [0, 0.05) is 18.5 Å². The van der Waals surface area contributed by atoms with Gasteiger partial charge in [-0.15, -0.1) is 0 Å². The molecule has 0 fully saturated rings. The number of carbonyl (C=O) groups is 2. The van der Waals surface area contributed by atoms with Gasteiger partial charge in [-0.05, 0) is 31.9 Å². The zero-order chi connectivity index (χ0) is 18.4. The molecule has 0 saturated carbocycles. The number of amides is 2. The SMILES string of the molecule is CCCCNC(=O)[C@@H]1Cc2c(OCC)cccc2N1C(=O)[C@@H](N)CC. The number of unbranched alkanes of at least 4 members (excludes halogenated alkanes) is 1. The van der Waals surface area contributed by atoms with Crippen LogP contribution in [0.5, 0.6) is 5.75 Å². The summed E-state index contributed by atoms with van der Waals surface area (Å²) in [5.41, 5.74) is 7.61. The molecule has 25 heavy (non-hydrogen) atoms. The molecule has 1 aromatic carbocycles. The maximum atomic E-state index is 12.8. The predicted molar refractivity (Wildman–Crippen MR) is 98.8 cm³/mol. The van der Waals surface area contributed by atoms with E-state index in [0.717, 1.165) is 29.8 Å². The van der Waals surface area contributed by atoms with Gasteiger partial charge < -0.3 is 15.8 Å². The Morgan fingerprint density at radius 2 is 2.12 bits per heavy atom. The van der Waals surface area contributed by atoms with Crippen molar-refractivity contribution in [3.63, 3.8) is 0 Å². The Morgan fingerprint density at radius 3 is 2.76 bits per heavy atom. The quantitative estimate of drug-likeness (QED) is 0.705. The number of anilines is 1. The summed E-state index contributed by atoms with van der Waals surface area (Å²) in [5, 5.41) is 2.94. The van der Waals surface area contributed by atoms with Crippen LogP contribution in [0.4, 0.5) is 5.69 Å². The van der Waals surface area contributed by atoms with Crippen molar-refractivity contribution < 1.29 is 14.3 Å². The molecular formula is C19H29N3O3. The highest BCUT2D eigenvalue weighted by molar-refractivity contribution is 6.06. The van der Waals surface area contributed by atoms with Gasteiger partial charge in [0.1, 0.15) is 11.8 Å². The fourth-order valence-electron chi connectivity index (χ4n) is 3.07. The Kier molecular flexibility index (Phi) is 6.82. The number of benzene rings is 1. The van der Waals surface area contributed by atoms with Gasteiger partial charge in [0.2, 0.25) is 11.8 Å². The molecule has 3 N–H and O–H groups in total. The first kappa shape index (κ1) is 19.2. The second-order valence-electron chi connectivity index (χ2n) is 6.27. The number of carbonyl (C=O) groups excluding carboxylic acids is 2. The van der Waals surface area contributed by atoms with Gasteiger partial charge >= 0.3 is 0 Å². The Hall–Kier alpha value is -2.08. The molecule has 6 nitrogen and oxygen atoms in total. The summed E-state index contributed by atoms with van der Waals surface area (Å²) in [5.74, 6) is 0.376. The highest BCUT2D eigenvalue weighted by Gasteiger charge is 2.40. The van der Waals surface area contributed by atoms with E-state index in [4.69, 9.17) is 10.5 Å². The number of nitrogens with two attached hydrogens (primary N) is 1. The van der Waals surface area contributed by atoms with Crippen LogP contribution in [0.15, 0.2) is 18.2 Å².